The number of aromatic nitrogens is 2. The Labute approximate surface area is 128 Å². The zero-order chi connectivity index (χ0) is 15.0. The highest BCUT2D eigenvalue weighted by molar-refractivity contribution is 7.89. The SMILES string of the molecule is NC(=S)c1cccc(S(=O)(=O)N2CCn3ccnc3C2)c1. The van der Waals surface area contributed by atoms with E-state index >= 15 is 0 Å². The minimum Gasteiger partial charge on any atom is -0.389 e. The van der Waals surface area contributed by atoms with Crippen molar-refractivity contribution < 1.29 is 8.42 Å². The van der Waals surface area contributed by atoms with Crippen molar-refractivity contribution in [1.29, 1.82) is 0 Å². The summed E-state index contributed by atoms with van der Waals surface area (Å²) in [6, 6.07) is 6.41. The van der Waals surface area contributed by atoms with Gasteiger partial charge in [-0.05, 0) is 12.1 Å². The standard InChI is InChI=1S/C13H14N4O2S2/c14-13(20)10-2-1-3-11(8-10)21(18,19)17-7-6-16-5-4-15-12(16)9-17/h1-5,8H,6-7,9H2,(H2,14,20). The van der Waals surface area contributed by atoms with E-state index in [0.717, 1.165) is 5.82 Å². The molecule has 110 valence electrons. The molecule has 8 heteroatoms. The normalized spacial score (nSPS) is 15.6. The van der Waals surface area contributed by atoms with E-state index in [2.05, 4.69) is 4.98 Å². The molecule has 0 aliphatic carbocycles. The summed E-state index contributed by atoms with van der Waals surface area (Å²) in [5.74, 6) is 0.746. The van der Waals surface area contributed by atoms with Gasteiger partial charge in [0.15, 0.2) is 0 Å². The van der Waals surface area contributed by atoms with E-state index in [1.807, 2.05) is 10.8 Å². The van der Waals surface area contributed by atoms with E-state index < -0.39 is 10.0 Å². The fourth-order valence-corrected chi connectivity index (χ4v) is 3.87. The predicted octanol–water partition coefficient (Wildman–Crippen LogP) is 0.722. The number of thiocarbonyl (C=S) groups is 1. The maximum absolute atomic E-state index is 12.7. The smallest absolute Gasteiger partial charge is 0.243 e. The molecule has 0 bridgehead atoms. The fourth-order valence-electron chi connectivity index (χ4n) is 2.32. The molecule has 1 aliphatic heterocycles. The Morgan fingerprint density at radius 2 is 2.14 bits per heavy atom. The first-order chi connectivity index (χ1) is 9.98. The van der Waals surface area contributed by atoms with Gasteiger partial charge in [0.25, 0.3) is 0 Å². The van der Waals surface area contributed by atoms with E-state index in [1.165, 1.54) is 10.4 Å². The average Bonchev–Trinajstić information content (AvgIpc) is 2.94. The number of fused-ring (bicyclic) bond motifs is 1. The quantitative estimate of drug-likeness (QED) is 0.842. The molecule has 0 saturated carbocycles. The van der Waals surface area contributed by atoms with Crippen LogP contribution < -0.4 is 5.73 Å². The second-order valence-corrected chi connectivity index (χ2v) is 7.15. The molecule has 0 spiro atoms. The Morgan fingerprint density at radius 1 is 1.33 bits per heavy atom. The molecule has 0 unspecified atom stereocenters. The Hall–Kier alpha value is -1.77. The molecule has 1 aromatic heterocycles. The number of rotatable bonds is 3. The molecule has 0 saturated heterocycles. The second kappa shape index (κ2) is 5.21. The maximum Gasteiger partial charge on any atom is 0.243 e. The Kier molecular flexibility index (Phi) is 3.52. The lowest BCUT2D eigenvalue weighted by atomic mass is 10.2. The molecule has 2 N–H and O–H groups in total. The lowest BCUT2D eigenvalue weighted by Gasteiger charge is -2.27. The van der Waals surface area contributed by atoms with Gasteiger partial charge in [-0.25, -0.2) is 13.4 Å². The molecular formula is C13H14N4O2S2. The third-order valence-electron chi connectivity index (χ3n) is 3.47. The number of imidazole rings is 1. The Balaban J connectivity index is 1.94. The minimum absolute atomic E-state index is 0.182. The number of hydrogen-bond acceptors (Lipinski definition) is 4. The summed E-state index contributed by atoms with van der Waals surface area (Å²) < 4.78 is 28.8. The monoisotopic (exact) mass is 322 g/mol. The lowest BCUT2D eigenvalue weighted by molar-refractivity contribution is 0.335. The van der Waals surface area contributed by atoms with Crippen LogP contribution in [-0.4, -0.2) is 33.8 Å². The molecule has 1 aliphatic rings. The predicted molar refractivity (Wildman–Crippen MR) is 82.2 cm³/mol. The highest BCUT2D eigenvalue weighted by Gasteiger charge is 2.29. The van der Waals surface area contributed by atoms with Gasteiger partial charge in [-0.3, -0.25) is 0 Å². The van der Waals surface area contributed by atoms with Crippen LogP contribution >= 0.6 is 12.2 Å². The van der Waals surface area contributed by atoms with Crippen LogP contribution in [0, 0.1) is 0 Å². The van der Waals surface area contributed by atoms with Gasteiger partial charge in [-0.2, -0.15) is 4.31 Å². The van der Waals surface area contributed by atoms with Crippen molar-refractivity contribution in [3.63, 3.8) is 0 Å². The van der Waals surface area contributed by atoms with E-state index in [1.54, 1.807) is 24.4 Å². The van der Waals surface area contributed by atoms with E-state index in [9.17, 15) is 8.42 Å². The van der Waals surface area contributed by atoms with Crippen LogP contribution in [0.25, 0.3) is 0 Å². The second-order valence-electron chi connectivity index (χ2n) is 4.77. The van der Waals surface area contributed by atoms with E-state index in [0.29, 0.717) is 18.7 Å². The molecule has 6 nitrogen and oxygen atoms in total. The minimum atomic E-state index is -3.57. The van der Waals surface area contributed by atoms with Crippen LogP contribution in [-0.2, 0) is 23.1 Å². The van der Waals surface area contributed by atoms with Gasteiger partial charge in [0.05, 0.1) is 11.4 Å². The third-order valence-corrected chi connectivity index (χ3v) is 5.54. The van der Waals surface area contributed by atoms with Gasteiger partial charge < -0.3 is 10.3 Å². The molecule has 0 radical (unpaired) electrons. The van der Waals surface area contributed by atoms with Crippen LogP contribution in [0.3, 0.4) is 0 Å². The Bertz CT molecular complexity index is 798. The van der Waals surface area contributed by atoms with Crippen LogP contribution in [0.1, 0.15) is 11.4 Å². The van der Waals surface area contributed by atoms with Crippen molar-refractivity contribution in [2.24, 2.45) is 5.73 Å². The molecule has 0 atom stereocenters. The summed E-state index contributed by atoms with van der Waals surface area (Å²) >= 11 is 4.90. The summed E-state index contributed by atoms with van der Waals surface area (Å²) in [4.78, 5) is 4.56. The van der Waals surface area contributed by atoms with Gasteiger partial charge in [-0.15, -0.1) is 0 Å². The van der Waals surface area contributed by atoms with Gasteiger partial charge >= 0.3 is 0 Å². The number of nitrogens with two attached hydrogens (primary N) is 1. The molecule has 3 rings (SSSR count). The largest absolute Gasteiger partial charge is 0.389 e. The summed E-state index contributed by atoms with van der Waals surface area (Å²) in [6.07, 6.45) is 3.53. The summed E-state index contributed by atoms with van der Waals surface area (Å²) in [5.41, 5.74) is 6.11. The zero-order valence-electron chi connectivity index (χ0n) is 11.1. The lowest BCUT2D eigenvalue weighted by Crippen LogP contribution is -2.38. The van der Waals surface area contributed by atoms with Crippen LogP contribution in [0.15, 0.2) is 41.6 Å². The summed E-state index contributed by atoms with van der Waals surface area (Å²) in [6.45, 7) is 1.29. The number of nitrogens with zero attached hydrogens (tertiary/aromatic N) is 3. The molecule has 1 aromatic carbocycles. The molecule has 2 heterocycles. The molecule has 2 aromatic rings. The van der Waals surface area contributed by atoms with Crippen molar-refractivity contribution in [1.82, 2.24) is 13.9 Å². The van der Waals surface area contributed by atoms with Crippen molar-refractivity contribution in [2.45, 2.75) is 18.0 Å². The van der Waals surface area contributed by atoms with Crippen molar-refractivity contribution in [2.75, 3.05) is 6.54 Å². The van der Waals surface area contributed by atoms with Gasteiger partial charge in [0.1, 0.15) is 10.8 Å². The van der Waals surface area contributed by atoms with Crippen molar-refractivity contribution in [3.8, 4) is 0 Å². The van der Waals surface area contributed by atoms with Crippen molar-refractivity contribution in [3.05, 3.63) is 48.0 Å². The van der Waals surface area contributed by atoms with Crippen LogP contribution in [0.2, 0.25) is 0 Å². The first-order valence-corrected chi connectivity index (χ1v) is 8.23. The topological polar surface area (TPSA) is 81.2 Å². The summed E-state index contributed by atoms with van der Waals surface area (Å²) in [7, 11) is -3.57. The van der Waals surface area contributed by atoms with E-state index in [4.69, 9.17) is 18.0 Å². The molecule has 0 amide bonds. The van der Waals surface area contributed by atoms with E-state index in [-0.39, 0.29) is 16.4 Å². The molecular weight excluding hydrogens is 308 g/mol. The number of benzene rings is 1. The van der Waals surface area contributed by atoms with Crippen molar-refractivity contribution >= 4 is 27.2 Å². The van der Waals surface area contributed by atoms with Gasteiger partial charge in [-0.1, -0.05) is 24.4 Å². The molecule has 0 fully saturated rings. The fraction of sp³-hybridized carbons (Fsp3) is 0.231. The van der Waals surface area contributed by atoms with Gasteiger partial charge in [0.2, 0.25) is 10.0 Å². The zero-order valence-corrected chi connectivity index (χ0v) is 12.8. The highest BCUT2D eigenvalue weighted by atomic mass is 32.2. The Morgan fingerprint density at radius 3 is 2.90 bits per heavy atom. The summed E-state index contributed by atoms with van der Waals surface area (Å²) in [5, 5.41) is 0. The highest BCUT2D eigenvalue weighted by Crippen LogP contribution is 2.21. The van der Waals surface area contributed by atoms with Crippen LogP contribution in [0.4, 0.5) is 0 Å². The van der Waals surface area contributed by atoms with Gasteiger partial charge in [0, 0.05) is 31.0 Å². The number of hydrogen-bond donors (Lipinski definition) is 1. The average molecular weight is 322 g/mol. The first kappa shape index (κ1) is 14.2. The maximum atomic E-state index is 12.7. The number of sulfonamides is 1. The molecule has 21 heavy (non-hydrogen) atoms. The third kappa shape index (κ3) is 2.57. The first-order valence-electron chi connectivity index (χ1n) is 6.38. The van der Waals surface area contributed by atoms with Crippen LogP contribution in [0.5, 0.6) is 0 Å².